The van der Waals surface area contributed by atoms with E-state index in [4.69, 9.17) is 5.11 Å². The van der Waals surface area contributed by atoms with Crippen molar-refractivity contribution in [2.24, 2.45) is 0 Å². The van der Waals surface area contributed by atoms with Gasteiger partial charge in [-0.2, -0.15) is 0 Å². The third-order valence-corrected chi connectivity index (χ3v) is 0.518. The van der Waals surface area contributed by atoms with Gasteiger partial charge in [0.25, 0.3) is 5.91 Å². The number of amides is 1. The first-order chi connectivity index (χ1) is 2.81. The van der Waals surface area contributed by atoms with Gasteiger partial charge in [-0.05, 0) is 0 Å². The number of nitrogens with one attached hydrogen (secondary N) is 1. The Bertz CT molecular complexity index is 49.5. The van der Waals surface area contributed by atoms with Crippen LogP contribution in [0.4, 0.5) is 0 Å². The van der Waals surface area contributed by atoms with Crippen LogP contribution in [0.3, 0.4) is 0 Å². The van der Waals surface area contributed by atoms with E-state index in [1.54, 1.807) is 0 Å². The molecular formula is C2H5NO2S. The Hall–Kier alpha value is -0.220. The number of hydrogen-bond donors (Lipinski definition) is 3. The van der Waals surface area contributed by atoms with Crippen LogP contribution < -0.4 is 4.72 Å². The first kappa shape index (κ1) is 5.78. The van der Waals surface area contributed by atoms with Crippen molar-refractivity contribution in [1.29, 1.82) is 0 Å². The predicted octanol–water partition coefficient (Wildman–Crippen LogP) is -1.06. The Labute approximate surface area is 40.9 Å². The molecule has 6 heavy (non-hydrogen) atoms. The Morgan fingerprint density at radius 2 is 2.50 bits per heavy atom. The second-order valence-electron chi connectivity index (χ2n) is 0.693. The summed E-state index contributed by atoms with van der Waals surface area (Å²) in [6, 6.07) is 0. The van der Waals surface area contributed by atoms with Crippen molar-refractivity contribution >= 4 is 18.7 Å². The highest BCUT2D eigenvalue weighted by Crippen LogP contribution is 1.60. The molecule has 0 saturated heterocycles. The average molecular weight is 107 g/mol. The minimum atomic E-state index is -0.497. The molecule has 0 atom stereocenters. The maximum Gasteiger partial charge on any atom is 0.255 e. The third-order valence-electron chi connectivity index (χ3n) is 0.268. The topological polar surface area (TPSA) is 49.3 Å². The summed E-state index contributed by atoms with van der Waals surface area (Å²) in [5, 5.41) is 7.87. The highest BCUT2D eigenvalue weighted by Gasteiger charge is 1.87. The molecule has 0 unspecified atom stereocenters. The fraction of sp³-hybridized carbons (Fsp3) is 0.500. The predicted molar refractivity (Wildman–Crippen MR) is 24.2 cm³/mol. The Morgan fingerprint density at radius 1 is 2.00 bits per heavy atom. The van der Waals surface area contributed by atoms with Crippen molar-refractivity contribution < 1.29 is 9.90 Å². The lowest BCUT2D eigenvalue weighted by molar-refractivity contribution is -0.121. The summed E-state index contributed by atoms with van der Waals surface area (Å²) < 4.78 is 1.92. The van der Waals surface area contributed by atoms with Crippen molar-refractivity contribution in [3.05, 3.63) is 0 Å². The van der Waals surface area contributed by atoms with Crippen LogP contribution in [0.2, 0.25) is 0 Å². The first-order valence-corrected chi connectivity index (χ1v) is 1.79. The second kappa shape index (κ2) is 2.99. The van der Waals surface area contributed by atoms with Gasteiger partial charge in [0.15, 0.2) is 0 Å². The molecule has 0 rings (SSSR count). The molecule has 3 nitrogen and oxygen atoms in total. The highest BCUT2D eigenvalue weighted by atomic mass is 32.1. The average Bonchev–Trinajstić information content (AvgIpc) is 1.65. The van der Waals surface area contributed by atoms with Crippen LogP contribution in [0, 0.1) is 0 Å². The minimum absolute atomic E-state index is 0.488. The highest BCUT2D eigenvalue weighted by molar-refractivity contribution is 7.78. The Kier molecular flexibility index (Phi) is 2.88. The zero-order valence-corrected chi connectivity index (χ0v) is 3.90. The van der Waals surface area contributed by atoms with Gasteiger partial charge in [0, 0.05) is 0 Å². The van der Waals surface area contributed by atoms with Crippen molar-refractivity contribution in [3.63, 3.8) is 0 Å². The summed E-state index contributed by atoms with van der Waals surface area (Å²) in [6.07, 6.45) is 0. The number of rotatable bonds is 1. The van der Waals surface area contributed by atoms with Crippen molar-refractivity contribution in [2.45, 2.75) is 0 Å². The number of carbonyl (C=O) groups excluding carboxylic acids is 1. The molecule has 0 saturated carbocycles. The molecule has 1 amide bonds. The molecule has 0 aromatic carbocycles. The standard InChI is InChI=1S/C2H5NO2S/c4-1-2(5)3-6/h4,6H,1H2,(H,3,5). The van der Waals surface area contributed by atoms with E-state index >= 15 is 0 Å². The maximum absolute atomic E-state index is 9.74. The number of hydrogen-bond acceptors (Lipinski definition) is 3. The molecule has 4 heteroatoms. The minimum Gasteiger partial charge on any atom is -0.387 e. The van der Waals surface area contributed by atoms with E-state index in [2.05, 4.69) is 12.8 Å². The normalized spacial score (nSPS) is 7.67. The molecule has 0 aromatic rings. The number of thiol groups is 1. The zero-order chi connectivity index (χ0) is 4.99. The quantitative estimate of drug-likeness (QED) is 0.374. The van der Waals surface area contributed by atoms with E-state index in [1.165, 1.54) is 0 Å². The van der Waals surface area contributed by atoms with Gasteiger partial charge in [-0.1, -0.05) is 12.8 Å². The second-order valence-corrected chi connectivity index (χ2v) is 0.917. The lowest BCUT2D eigenvalue weighted by Gasteiger charge is -1.85. The lowest BCUT2D eigenvalue weighted by atomic mass is 10.7. The van der Waals surface area contributed by atoms with Crippen molar-refractivity contribution in [3.8, 4) is 0 Å². The molecule has 0 heterocycles. The molecule has 0 fully saturated rings. The fourth-order valence-electron chi connectivity index (χ4n) is 0.0354. The summed E-state index contributed by atoms with van der Waals surface area (Å²) in [5.41, 5.74) is 0. The lowest BCUT2D eigenvalue weighted by Crippen LogP contribution is -2.15. The van der Waals surface area contributed by atoms with Crippen LogP contribution in [0.5, 0.6) is 0 Å². The van der Waals surface area contributed by atoms with Gasteiger partial charge in [-0.15, -0.1) is 0 Å². The molecule has 2 N–H and O–H groups in total. The van der Waals surface area contributed by atoms with E-state index < -0.39 is 12.5 Å². The molecule has 36 valence electrons. The van der Waals surface area contributed by atoms with Crippen LogP contribution in [-0.2, 0) is 4.79 Å². The summed E-state index contributed by atoms with van der Waals surface area (Å²) in [6.45, 7) is -0.497. The van der Waals surface area contributed by atoms with E-state index in [9.17, 15) is 4.79 Å². The van der Waals surface area contributed by atoms with E-state index in [0.29, 0.717) is 0 Å². The van der Waals surface area contributed by atoms with Crippen LogP contribution >= 0.6 is 12.8 Å². The van der Waals surface area contributed by atoms with Gasteiger partial charge in [-0.25, -0.2) is 0 Å². The van der Waals surface area contributed by atoms with Crippen molar-refractivity contribution in [1.82, 2.24) is 4.72 Å². The molecule has 0 bridgehead atoms. The van der Waals surface area contributed by atoms with Gasteiger partial charge in [0.1, 0.15) is 6.61 Å². The van der Waals surface area contributed by atoms with Crippen molar-refractivity contribution in [2.75, 3.05) is 6.61 Å². The maximum atomic E-state index is 9.74. The molecule has 0 aliphatic carbocycles. The molecule has 0 spiro atoms. The van der Waals surface area contributed by atoms with Gasteiger partial charge in [0.2, 0.25) is 0 Å². The summed E-state index contributed by atoms with van der Waals surface area (Å²) >= 11 is 3.34. The number of carbonyl (C=O) groups is 1. The third kappa shape index (κ3) is 2.04. The van der Waals surface area contributed by atoms with Gasteiger partial charge >= 0.3 is 0 Å². The molecule has 0 aliphatic heterocycles. The Balaban J connectivity index is 2.99. The van der Waals surface area contributed by atoms with Crippen LogP contribution in [0.15, 0.2) is 0 Å². The largest absolute Gasteiger partial charge is 0.387 e. The van der Waals surface area contributed by atoms with E-state index in [1.807, 2.05) is 4.72 Å². The smallest absolute Gasteiger partial charge is 0.255 e. The van der Waals surface area contributed by atoms with Crippen LogP contribution in [0.25, 0.3) is 0 Å². The molecular weight excluding hydrogens is 102 g/mol. The number of aliphatic hydroxyl groups excluding tert-OH is 1. The Morgan fingerprint density at radius 3 is 2.50 bits per heavy atom. The summed E-state index contributed by atoms with van der Waals surface area (Å²) in [5.74, 6) is -0.488. The monoisotopic (exact) mass is 107 g/mol. The van der Waals surface area contributed by atoms with Gasteiger partial charge in [0.05, 0.1) is 0 Å². The van der Waals surface area contributed by atoms with Gasteiger partial charge in [-0.3, -0.25) is 4.79 Å². The fourth-order valence-corrected chi connectivity index (χ4v) is 0.106. The van der Waals surface area contributed by atoms with Gasteiger partial charge < -0.3 is 9.83 Å². The molecule has 0 aromatic heterocycles. The summed E-state index contributed by atoms with van der Waals surface area (Å²) in [7, 11) is 0. The summed E-state index contributed by atoms with van der Waals surface area (Å²) in [4.78, 5) is 9.74. The van der Waals surface area contributed by atoms with E-state index in [0.717, 1.165) is 0 Å². The molecule has 0 aliphatic rings. The van der Waals surface area contributed by atoms with Crippen LogP contribution in [0.1, 0.15) is 0 Å². The first-order valence-electron chi connectivity index (χ1n) is 1.35. The van der Waals surface area contributed by atoms with E-state index in [-0.39, 0.29) is 0 Å². The zero-order valence-electron chi connectivity index (χ0n) is 3.01. The SMILES string of the molecule is O=C(CO)NS. The molecule has 0 radical (unpaired) electrons. The van der Waals surface area contributed by atoms with Crippen LogP contribution in [-0.4, -0.2) is 17.6 Å². The number of aliphatic hydroxyl groups is 1.